The average molecular weight is 275 g/mol. The molecule has 0 bridgehead atoms. The molecular weight excluding hydrogens is 264 g/mol. The van der Waals surface area contributed by atoms with Crippen LogP contribution in [0.25, 0.3) is 0 Å². The summed E-state index contributed by atoms with van der Waals surface area (Å²) in [5.74, 6) is -1.01. The smallest absolute Gasteiger partial charge is 0.148 e. The topological polar surface area (TPSA) is 71.1 Å². The van der Waals surface area contributed by atoms with Crippen molar-refractivity contribution in [3.8, 4) is 11.8 Å². The molecule has 2 aromatic rings. The molecule has 102 valence electrons. The number of ether oxygens (including phenoxy) is 1. The molecule has 2 aromatic carbocycles. The normalized spacial score (nSPS) is 9.90. The number of nitrogens with one attached hydrogen (secondary N) is 1. The lowest BCUT2D eigenvalue weighted by Crippen LogP contribution is -2.00. The predicted octanol–water partition coefficient (Wildman–Crippen LogP) is 3.17. The molecule has 0 fully saturated rings. The SMILES string of the molecule is COc1cc(Nc2ccc(C#N)cc2F)c(F)cc1N. The third-order valence-electron chi connectivity index (χ3n) is 2.69. The van der Waals surface area contributed by atoms with Crippen molar-refractivity contribution < 1.29 is 13.5 Å². The Labute approximate surface area is 114 Å². The largest absolute Gasteiger partial charge is 0.495 e. The average Bonchev–Trinajstić information content (AvgIpc) is 2.43. The van der Waals surface area contributed by atoms with E-state index in [9.17, 15) is 8.78 Å². The van der Waals surface area contributed by atoms with E-state index in [0.717, 1.165) is 12.1 Å². The summed E-state index contributed by atoms with van der Waals surface area (Å²) in [4.78, 5) is 0. The maximum Gasteiger partial charge on any atom is 0.148 e. The maximum absolute atomic E-state index is 13.8. The van der Waals surface area contributed by atoms with Gasteiger partial charge in [0.2, 0.25) is 0 Å². The Morgan fingerprint density at radius 1 is 1.15 bits per heavy atom. The van der Waals surface area contributed by atoms with Gasteiger partial charge in [-0.2, -0.15) is 5.26 Å². The number of nitrogens with zero attached hydrogens (tertiary/aromatic N) is 1. The third kappa shape index (κ3) is 2.62. The van der Waals surface area contributed by atoms with Crippen LogP contribution in [0.5, 0.6) is 5.75 Å². The molecule has 0 amide bonds. The van der Waals surface area contributed by atoms with Gasteiger partial charge in [0.25, 0.3) is 0 Å². The van der Waals surface area contributed by atoms with Crippen LogP contribution < -0.4 is 15.8 Å². The fourth-order valence-electron chi connectivity index (χ4n) is 1.67. The second-order valence-electron chi connectivity index (χ2n) is 4.01. The number of halogens is 2. The molecule has 0 saturated heterocycles. The van der Waals surface area contributed by atoms with Gasteiger partial charge >= 0.3 is 0 Å². The van der Waals surface area contributed by atoms with E-state index < -0.39 is 11.6 Å². The number of hydrogen-bond acceptors (Lipinski definition) is 4. The van der Waals surface area contributed by atoms with Crippen LogP contribution in [0.3, 0.4) is 0 Å². The second kappa shape index (κ2) is 5.45. The summed E-state index contributed by atoms with van der Waals surface area (Å²) in [5.41, 5.74) is 5.97. The molecule has 0 unspecified atom stereocenters. The predicted molar refractivity (Wildman–Crippen MR) is 71.8 cm³/mol. The van der Waals surface area contributed by atoms with E-state index in [1.165, 1.54) is 25.3 Å². The van der Waals surface area contributed by atoms with Gasteiger partial charge in [-0.15, -0.1) is 0 Å². The molecule has 0 atom stereocenters. The van der Waals surface area contributed by atoms with Crippen molar-refractivity contribution >= 4 is 17.1 Å². The highest BCUT2D eigenvalue weighted by atomic mass is 19.1. The first-order chi connectivity index (χ1) is 9.55. The zero-order chi connectivity index (χ0) is 14.7. The monoisotopic (exact) mass is 275 g/mol. The summed E-state index contributed by atoms with van der Waals surface area (Å²) >= 11 is 0. The highest BCUT2D eigenvalue weighted by molar-refractivity contribution is 5.68. The lowest BCUT2D eigenvalue weighted by atomic mass is 10.2. The third-order valence-corrected chi connectivity index (χ3v) is 2.69. The minimum atomic E-state index is -0.653. The summed E-state index contributed by atoms with van der Waals surface area (Å²) < 4.78 is 32.5. The van der Waals surface area contributed by atoms with Gasteiger partial charge in [-0.25, -0.2) is 8.78 Å². The van der Waals surface area contributed by atoms with Crippen LogP contribution in [0.1, 0.15) is 5.56 Å². The van der Waals surface area contributed by atoms with Crippen molar-refractivity contribution in [2.24, 2.45) is 0 Å². The van der Waals surface area contributed by atoms with E-state index in [1.807, 2.05) is 6.07 Å². The van der Waals surface area contributed by atoms with Crippen molar-refractivity contribution in [2.45, 2.75) is 0 Å². The van der Waals surface area contributed by atoms with E-state index >= 15 is 0 Å². The number of nitrogens with two attached hydrogens (primary N) is 1. The van der Waals surface area contributed by atoms with E-state index in [1.54, 1.807) is 0 Å². The molecule has 0 heterocycles. The van der Waals surface area contributed by atoms with Crippen LogP contribution in [0, 0.1) is 23.0 Å². The first kappa shape index (κ1) is 13.6. The lowest BCUT2D eigenvalue weighted by molar-refractivity contribution is 0.416. The highest BCUT2D eigenvalue weighted by Gasteiger charge is 2.11. The van der Waals surface area contributed by atoms with Gasteiger partial charge in [-0.3, -0.25) is 0 Å². The van der Waals surface area contributed by atoms with Gasteiger partial charge in [-0.1, -0.05) is 0 Å². The Bertz CT molecular complexity index is 696. The Morgan fingerprint density at radius 3 is 2.45 bits per heavy atom. The fourth-order valence-corrected chi connectivity index (χ4v) is 1.67. The van der Waals surface area contributed by atoms with Gasteiger partial charge in [0.15, 0.2) is 0 Å². The number of rotatable bonds is 3. The number of nitriles is 1. The van der Waals surface area contributed by atoms with Crippen LogP contribution >= 0.6 is 0 Å². The molecule has 2 rings (SSSR count). The van der Waals surface area contributed by atoms with Gasteiger partial charge < -0.3 is 15.8 Å². The van der Waals surface area contributed by atoms with E-state index in [-0.39, 0.29) is 28.4 Å². The maximum atomic E-state index is 13.8. The number of hydrogen-bond donors (Lipinski definition) is 2. The Hall–Kier alpha value is -2.81. The zero-order valence-electron chi connectivity index (χ0n) is 10.6. The summed E-state index contributed by atoms with van der Waals surface area (Å²) in [7, 11) is 1.40. The number of benzene rings is 2. The second-order valence-corrected chi connectivity index (χ2v) is 4.01. The molecule has 20 heavy (non-hydrogen) atoms. The first-order valence-electron chi connectivity index (χ1n) is 5.65. The van der Waals surface area contributed by atoms with E-state index in [2.05, 4.69) is 5.32 Å². The van der Waals surface area contributed by atoms with Crippen molar-refractivity contribution in [1.82, 2.24) is 0 Å². The summed E-state index contributed by atoms with van der Waals surface area (Å²) in [6, 6.07) is 8.09. The summed E-state index contributed by atoms with van der Waals surface area (Å²) in [6.07, 6.45) is 0. The quantitative estimate of drug-likeness (QED) is 0.844. The van der Waals surface area contributed by atoms with Crippen molar-refractivity contribution in [3.63, 3.8) is 0 Å². The van der Waals surface area contributed by atoms with Gasteiger partial charge in [0.05, 0.1) is 35.8 Å². The summed E-state index contributed by atoms with van der Waals surface area (Å²) in [5, 5.41) is 11.3. The molecule has 0 aliphatic heterocycles. The first-order valence-corrected chi connectivity index (χ1v) is 5.65. The summed E-state index contributed by atoms with van der Waals surface area (Å²) in [6.45, 7) is 0. The molecule has 0 aliphatic rings. The minimum absolute atomic E-state index is 0.0275. The van der Waals surface area contributed by atoms with Crippen LogP contribution in [0.2, 0.25) is 0 Å². The van der Waals surface area contributed by atoms with E-state index in [4.69, 9.17) is 15.7 Å². The number of anilines is 3. The van der Waals surface area contributed by atoms with Crippen LogP contribution in [0.4, 0.5) is 25.8 Å². The molecule has 0 spiro atoms. The van der Waals surface area contributed by atoms with Gasteiger partial charge in [0, 0.05) is 12.1 Å². The number of nitrogen functional groups attached to an aromatic ring is 1. The van der Waals surface area contributed by atoms with Crippen LogP contribution in [-0.4, -0.2) is 7.11 Å². The molecule has 3 N–H and O–H groups in total. The fraction of sp³-hybridized carbons (Fsp3) is 0.0714. The standard InChI is InChI=1S/C14H11F2N3O/c1-20-14-6-13(10(16)5-11(14)18)19-12-3-2-8(7-17)4-9(12)15/h2-6,19H,18H2,1H3. The molecule has 0 aromatic heterocycles. The lowest BCUT2D eigenvalue weighted by Gasteiger charge is -2.12. The Kier molecular flexibility index (Phi) is 3.71. The highest BCUT2D eigenvalue weighted by Crippen LogP contribution is 2.31. The molecule has 4 nitrogen and oxygen atoms in total. The molecule has 0 aliphatic carbocycles. The van der Waals surface area contributed by atoms with Crippen LogP contribution in [-0.2, 0) is 0 Å². The van der Waals surface area contributed by atoms with E-state index in [0.29, 0.717) is 0 Å². The van der Waals surface area contributed by atoms with Crippen LogP contribution in [0.15, 0.2) is 30.3 Å². The van der Waals surface area contributed by atoms with Gasteiger partial charge in [0.1, 0.15) is 17.4 Å². The van der Waals surface area contributed by atoms with Crippen molar-refractivity contribution in [2.75, 3.05) is 18.2 Å². The molecular formula is C14H11F2N3O. The number of methoxy groups -OCH3 is 1. The Balaban J connectivity index is 2.37. The van der Waals surface area contributed by atoms with Gasteiger partial charge in [-0.05, 0) is 18.2 Å². The molecule has 0 radical (unpaired) electrons. The molecule has 0 saturated carbocycles. The minimum Gasteiger partial charge on any atom is -0.495 e. The van der Waals surface area contributed by atoms with Crippen molar-refractivity contribution in [1.29, 1.82) is 5.26 Å². The zero-order valence-corrected chi connectivity index (χ0v) is 10.6. The molecule has 6 heteroatoms. The van der Waals surface area contributed by atoms with Crippen molar-refractivity contribution in [3.05, 3.63) is 47.5 Å². The Morgan fingerprint density at radius 2 is 1.85 bits per heavy atom.